The molecule has 0 amide bonds. The van der Waals surface area contributed by atoms with E-state index in [1.54, 1.807) is 6.26 Å². The zero-order chi connectivity index (χ0) is 17.2. The summed E-state index contributed by atoms with van der Waals surface area (Å²) >= 11 is 1.84. The Kier molecular flexibility index (Phi) is 4.66. The van der Waals surface area contributed by atoms with Crippen molar-refractivity contribution in [2.24, 2.45) is 0 Å². The maximum Gasteiger partial charge on any atom is 0.192 e. The Morgan fingerprint density at radius 2 is 2.08 bits per heavy atom. The van der Waals surface area contributed by atoms with Crippen LogP contribution in [0.3, 0.4) is 0 Å². The smallest absolute Gasteiger partial charge is 0.192 e. The normalized spacial score (nSPS) is 17.0. The van der Waals surface area contributed by atoms with E-state index in [0.29, 0.717) is 17.7 Å². The van der Waals surface area contributed by atoms with Crippen LogP contribution in [0.1, 0.15) is 60.6 Å². The predicted molar refractivity (Wildman–Crippen MR) is 99.9 cm³/mol. The molecule has 4 nitrogen and oxygen atoms in total. The first-order valence-corrected chi connectivity index (χ1v) is 9.80. The van der Waals surface area contributed by atoms with Crippen LogP contribution in [0.25, 0.3) is 0 Å². The number of thioether (sulfide) groups is 1. The molecule has 130 valence electrons. The zero-order valence-electron chi connectivity index (χ0n) is 14.7. The highest BCUT2D eigenvalue weighted by atomic mass is 32.2. The lowest BCUT2D eigenvalue weighted by molar-refractivity contribution is 0.475. The number of aromatic nitrogens is 3. The van der Waals surface area contributed by atoms with Crippen molar-refractivity contribution in [1.82, 2.24) is 14.8 Å². The lowest BCUT2D eigenvalue weighted by atomic mass is 9.91. The molecule has 0 saturated heterocycles. The van der Waals surface area contributed by atoms with Gasteiger partial charge < -0.3 is 4.42 Å². The summed E-state index contributed by atoms with van der Waals surface area (Å²) in [6.07, 6.45) is 5.33. The first-order valence-electron chi connectivity index (χ1n) is 8.92. The summed E-state index contributed by atoms with van der Waals surface area (Å²) in [7, 11) is 0. The summed E-state index contributed by atoms with van der Waals surface area (Å²) in [6.45, 7) is 5.00. The van der Waals surface area contributed by atoms with Crippen LogP contribution in [0.15, 0.2) is 52.2 Å². The Labute approximate surface area is 152 Å². The topological polar surface area (TPSA) is 43.9 Å². The number of furan rings is 1. The third-order valence-electron chi connectivity index (χ3n) is 4.72. The standard InChI is InChI=1S/C20H23N3OS/c1-14(2)19-21-22-20(23(19)13-16-9-6-12-24-16)25-18-11-5-8-15-7-3-4-10-17(15)18/h3-4,6-7,9-10,12,14,18H,5,8,11,13H2,1-2H3/t18-/m1/s1. The molecule has 2 heterocycles. The van der Waals surface area contributed by atoms with Crippen LogP contribution in [-0.4, -0.2) is 14.8 Å². The molecule has 0 radical (unpaired) electrons. The molecule has 2 aromatic heterocycles. The summed E-state index contributed by atoms with van der Waals surface area (Å²) in [4.78, 5) is 0. The zero-order valence-corrected chi connectivity index (χ0v) is 15.5. The van der Waals surface area contributed by atoms with Gasteiger partial charge in [0, 0.05) is 11.2 Å². The van der Waals surface area contributed by atoms with Gasteiger partial charge in [0.2, 0.25) is 0 Å². The lowest BCUT2D eigenvalue weighted by Gasteiger charge is -2.24. The molecule has 5 heteroatoms. The second kappa shape index (κ2) is 7.08. The molecule has 0 bridgehead atoms. The van der Waals surface area contributed by atoms with Crippen molar-refractivity contribution < 1.29 is 4.42 Å². The van der Waals surface area contributed by atoms with Gasteiger partial charge in [0.1, 0.15) is 11.6 Å². The molecule has 3 aromatic rings. The minimum Gasteiger partial charge on any atom is -0.467 e. The van der Waals surface area contributed by atoms with E-state index < -0.39 is 0 Å². The summed E-state index contributed by atoms with van der Waals surface area (Å²) in [5.41, 5.74) is 2.94. The van der Waals surface area contributed by atoms with Crippen LogP contribution < -0.4 is 0 Å². The fourth-order valence-electron chi connectivity index (χ4n) is 3.48. The molecule has 1 atom stereocenters. The van der Waals surface area contributed by atoms with Gasteiger partial charge in [0.05, 0.1) is 12.8 Å². The molecule has 4 rings (SSSR count). The van der Waals surface area contributed by atoms with Crippen molar-refractivity contribution in [3.63, 3.8) is 0 Å². The molecule has 0 spiro atoms. The van der Waals surface area contributed by atoms with Gasteiger partial charge in [-0.1, -0.05) is 49.9 Å². The second-order valence-electron chi connectivity index (χ2n) is 6.86. The van der Waals surface area contributed by atoms with E-state index >= 15 is 0 Å². The number of rotatable bonds is 5. The minimum atomic E-state index is 0.329. The maximum absolute atomic E-state index is 5.56. The van der Waals surface area contributed by atoms with E-state index in [1.165, 1.54) is 30.4 Å². The van der Waals surface area contributed by atoms with E-state index in [-0.39, 0.29) is 0 Å². The third-order valence-corrected chi connectivity index (χ3v) is 6.00. The van der Waals surface area contributed by atoms with Gasteiger partial charge in [-0.15, -0.1) is 10.2 Å². The number of aryl methyl sites for hydroxylation is 1. The minimum absolute atomic E-state index is 0.329. The molecule has 0 aliphatic heterocycles. The monoisotopic (exact) mass is 353 g/mol. The Balaban J connectivity index is 1.65. The molecule has 0 N–H and O–H groups in total. The van der Waals surface area contributed by atoms with Crippen molar-refractivity contribution in [3.8, 4) is 0 Å². The molecule has 1 aliphatic rings. The molecule has 1 aromatic carbocycles. The molecular weight excluding hydrogens is 330 g/mol. The van der Waals surface area contributed by atoms with Crippen molar-refractivity contribution in [2.45, 2.75) is 56.0 Å². The summed E-state index contributed by atoms with van der Waals surface area (Å²) in [6, 6.07) is 12.7. The van der Waals surface area contributed by atoms with Gasteiger partial charge in [-0.25, -0.2) is 0 Å². The van der Waals surface area contributed by atoms with Crippen LogP contribution in [0, 0.1) is 0 Å². The van der Waals surface area contributed by atoms with E-state index in [9.17, 15) is 0 Å². The van der Waals surface area contributed by atoms with E-state index in [0.717, 1.165) is 16.7 Å². The Bertz CT molecular complexity index is 839. The van der Waals surface area contributed by atoms with E-state index in [4.69, 9.17) is 4.42 Å². The quantitative estimate of drug-likeness (QED) is 0.631. The van der Waals surface area contributed by atoms with Gasteiger partial charge in [0.15, 0.2) is 5.16 Å². The fourth-order valence-corrected chi connectivity index (χ4v) is 4.75. The van der Waals surface area contributed by atoms with Crippen LogP contribution in [0.5, 0.6) is 0 Å². The number of nitrogens with zero attached hydrogens (tertiary/aromatic N) is 3. The van der Waals surface area contributed by atoms with Crippen molar-refractivity contribution in [1.29, 1.82) is 0 Å². The highest BCUT2D eigenvalue weighted by Gasteiger charge is 2.25. The maximum atomic E-state index is 5.56. The highest BCUT2D eigenvalue weighted by Crippen LogP contribution is 2.43. The lowest BCUT2D eigenvalue weighted by Crippen LogP contribution is -2.10. The number of hydrogen-bond acceptors (Lipinski definition) is 4. The summed E-state index contributed by atoms with van der Waals surface area (Å²) in [5, 5.41) is 10.4. The second-order valence-corrected chi connectivity index (χ2v) is 8.03. The average molecular weight is 353 g/mol. The van der Waals surface area contributed by atoms with Gasteiger partial charge in [0.25, 0.3) is 0 Å². The van der Waals surface area contributed by atoms with E-state index in [2.05, 4.69) is 52.9 Å². The van der Waals surface area contributed by atoms with E-state index in [1.807, 2.05) is 23.9 Å². The Morgan fingerprint density at radius 1 is 1.20 bits per heavy atom. The highest BCUT2D eigenvalue weighted by molar-refractivity contribution is 7.99. The number of hydrogen-bond donors (Lipinski definition) is 0. The van der Waals surface area contributed by atoms with Crippen LogP contribution in [-0.2, 0) is 13.0 Å². The molecule has 1 aliphatic carbocycles. The summed E-state index contributed by atoms with van der Waals surface area (Å²) < 4.78 is 7.77. The Hall–Kier alpha value is -2.01. The molecular formula is C20H23N3OS. The SMILES string of the molecule is CC(C)c1nnc(S[C@@H]2CCCc3ccccc32)n1Cc1ccco1. The van der Waals surface area contributed by atoms with Crippen LogP contribution >= 0.6 is 11.8 Å². The average Bonchev–Trinajstić information content (AvgIpc) is 3.26. The van der Waals surface area contributed by atoms with Gasteiger partial charge in [-0.05, 0) is 42.5 Å². The van der Waals surface area contributed by atoms with Crippen LogP contribution in [0.4, 0.5) is 0 Å². The Morgan fingerprint density at radius 3 is 2.88 bits per heavy atom. The fraction of sp³-hybridized carbons (Fsp3) is 0.400. The molecule has 0 fully saturated rings. The first kappa shape index (κ1) is 16.5. The van der Waals surface area contributed by atoms with Gasteiger partial charge >= 0.3 is 0 Å². The van der Waals surface area contributed by atoms with Gasteiger partial charge in [-0.2, -0.15) is 0 Å². The molecule has 0 saturated carbocycles. The van der Waals surface area contributed by atoms with Gasteiger partial charge in [-0.3, -0.25) is 4.57 Å². The van der Waals surface area contributed by atoms with Crippen molar-refractivity contribution in [2.75, 3.05) is 0 Å². The third kappa shape index (κ3) is 3.38. The molecule has 0 unspecified atom stereocenters. The summed E-state index contributed by atoms with van der Waals surface area (Å²) in [5.74, 6) is 2.28. The number of benzene rings is 1. The predicted octanol–water partition coefficient (Wildman–Crippen LogP) is 5.21. The van der Waals surface area contributed by atoms with Crippen LogP contribution in [0.2, 0.25) is 0 Å². The van der Waals surface area contributed by atoms with Crippen molar-refractivity contribution in [3.05, 3.63) is 65.4 Å². The number of fused-ring (bicyclic) bond motifs is 1. The largest absolute Gasteiger partial charge is 0.467 e. The first-order chi connectivity index (χ1) is 12.2. The molecule has 25 heavy (non-hydrogen) atoms. The van der Waals surface area contributed by atoms with Crippen molar-refractivity contribution >= 4 is 11.8 Å².